The number of allylic oxidation sites excluding steroid dienone is 1. The summed E-state index contributed by atoms with van der Waals surface area (Å²) in [5.74, 6) is 0.434. The molecular weight excluding hydrogens is 202 g/mol. The predicted octanol–water partition coefficient (Wildman–Crippen LogP) is 3.66. The number of anilines is 1. The highest BCUT2D eigenvalue weighted by atomic mass is 32.1. The maximum Gasteiger partial charge on any atom is 0.0826 e. The minimum absolute atomic E-state index is 0.434. The lowest BCUT2D eigenvalue weighted by atomic mass is 10.1. The van der Waals surface area contributed by atoms with Crippen molar-refractivity contribution in [2.45, 2.75) is 13.3 Å². The Morgan fingerprint density at radius 1 is 1.47 bits per heavy atom. The minimum Gasteiger partial charge on any atom is -0.339 e. The monoisotopic (exact) mass is 219 g/mol. The molecule has 0 heterocycles. The fourth-order valence-corrected chi connectivity index (χ4v) is 1.66. The van der Waals surface area contributed by atoms with Crippen molar-refractivity contribution in [2.24, 2.45) is 5.92 Å². The van der Waals surface area contributed by atoms with Gasteiger partial charge in [-0.3, -0.25) is 0 Å². The Morgan fingerprint density at radius 3 is 2.60 bits per heavy atom. The second-order valence-electron chi connectivity index (χ2n) is 3.71. The van der Waals surface area contributed by atoms with Crippen molar-refractivity contribution in [1.82, 2.24) is 0 Å². The van der Waals surface area contributed by atoms with Crippen LogP contribution in [0.2, 0.25) is 0 Å². The predicted molar refractivity (Wildman–Crippen MR) is 71.4 cm³/mol. The first kappa shape index (κ1) is 11.9. The highest BCUT2D eigenvalue weighted by molar-refractivity contribution is 7.80. The Morgan fingerprint density at radius 2 is 2.07 bits per heavy atom. The molecule has 1 unspecified atom stereocenters. The highest BCUT2D eigenvalue weighted by Gasteiger charge is 2.08. The van der Waals surface area contributed by atoms with Crippen molar-refractivity contribution in [3.05, 3.63) is 43.0 Å². The van der Waals surface area contributed by atoms with Crippen LogP contribution in [0.15, 0.2) is 43.0 Å². The molecular formula is C13H17NS. The minimum atomic E-state index is 0.434. The Kier molecular flexibility index (Phi) is 4.50. The molecule has 0 aliphatic carbocycles. The van der Waals surface area contributed by atoms with Crippen LogP contribution in [0.4, 0.5) is 5.69 Å². The van der Waals surface area contributed by atoms with Gasteiger partial charge in [0.1, 0.15) is 0 Å². The smallest absolute Gasteiger partial charge is 0.0826 e. The van der Waals surface area contributed by atoms with E-state index in [1.807, 2.05) is 31.3 Å². The summed E-state index contributed by atoms with van der Waals surface area (Å²) in [6.07, 6.45) is 2.81. The lowest BCUT2D eigenvalue weighted by Crippen LogP contribution is -2.25. The molecule has 1 aromatic rings. The fraction of sp³-hybridized carbons (Fsp3) is 0.308. The topological polar surface area (TPSA) is 3.24 Å². The Balaban J connectivity index is 2.65. The van der Waals surface area contributed by atoms with Gasteiger partial charge in [-0.05, 0) is 18.1 Å². The molecule has 0 aliphatic heterocycles. The molecule has 80 valence electrons. The molecule has 0 radical (unpaired) electrons. The molecule has 1 aromatic carbocycles. The SMILES string of the molecule is C=CC(C)CC(=S)N(C)c1ccccc1. The lowest BCUT2D eigenvalue weighted by Gasteiger charge is -2.21. The van der Waals surface area contributed by atoms with E-state index in [0.29, 0.717) is 5.92 Å². The van der Waals surface area contributed by atoms with Crippen LogP contribution in [0, 0.1) is 5.92 Å². The zero-order chi connectivity index (χ0) is 11.3. The van der Waals surface area contributed by atoms with Gasteiger partial charge >= 0.3 is 0 Å². The maximum absolute atomic E-state index is 5.38. The number of hydrogen-bond acceptors (Lipinski definition) is 1. The van der Waals surface area contributed by atoms with E-state index in [-0.39, 0.29) is 0 Å². The molecule has 0 aliphatic rings. The van der Waals surface area contributed by atoms with E-state index < -0.39 is 0 Å². The van der Waals surface area contributed by atoms with Crippen molar-refractivity contribution in [1.29, 1.82) is 0 Å². The zero-order valence-electron chi connectivity index (χ0n) is 9.31. The first-order valence-electron chi connectivity index (χ1n) is 5.09. The van der Waals surface area contributed by atoms with E-state index in [1.54, 1.807) is 0 Å². The molecule has 0 N–H and O–H groups in total. The standard InChI is InChI=1S/C13H17NS/c1-4-11(2)10-13(15)14(3)12-8-6-5-7-9-12/h4-9,11H,1,10H2,2-3H3. The first-order valence-corrected chi connectivity index (χ1v) is 5.50. The van der Waals surface area contributed by atoms with Gasteiger partial charge < -0.3 is 4.90 Å². The van der Waals surface area contributed by atoms with E-state index in [2.05, 4.69) is 30.5 Å². The normalized spacial score (nSPS) is 11.9. The van der Waals surface area contributed by atoms with Gasteiger partial charge in [0.2, 0.25) is 0 Å². The molecule has 2 heteroatoms. The van der Waals surface area contributed by atoms with E-state index in [1.165, 1.54) is 0 Å². The van der Waals surface area contributed by atoms with Crippen molar-refractivity contribution in [3.63, 3.8) is 0 Å². The number of thiocarbonyl (C=S) groups is 1. The summed E-state index contributed by atoms with van der Waals surface area (Å²) in [4.78, 5) is 3.00. The summed E-state index contributed by atoms with van der Waals surface area (Å²) >= 11 is 5.38. The number of hydrogen-bond donors (Lipinski definition) is 0. The van der Waals surface area contributed by atoms with Crippen molar-refractivity contribution in [2.75, 3.05) is 11.9 Å². The van der Waals surface area contributed by atoms with Gasteiger partial charge in [0, 0.05) is 19.2 Å². The molecule has 0 saturated carbocycles. The van der Waals surface area contributed by atoms with Gasteiger partial charge in [-0.25, -0.2) is 0 Å². The second-order valence-corrected chi connectivity index (χ2v) is 4.18. The third-order valence-corrected chi connectivity index (χ3v) is 2.86. The van der Waals surface area contributed by atoms with Gasteiger partial charge in [0.15, 0.2) is 0 Å². The van der Waals surface area contributed by atoms with Gasteiger partial charge in [-0.15, -0.1) is 6.58 Å². The van der Waals surface area contributed by atoms with Crippen molar-refractivity contribution in [3.8, 4) is 0 Å². The van der Waals surface area contributed by atoms with Crippen LogP contribution in [-0.4, -0.2) is 12.0 Å². The molecule has 0 aromatic heterocycles. The van der Waals surface area contributed by atoms with E-state index in [9.17, 15) is 0 Å². The van der Waals surface area contributed by atoms with Crippen LogP contribution >= 0.6 is 12.2 Å². The molecule has 0 fully saturated rings. The second kappa shape index (κ2) is 5.66. The number of nitrogens with zero attached hydrogens (tertiary/aromatic N) is 1. The lowest BCUT2D eigenvalue weighted by molar-refractivity contribution is 0.769. The third-order valence-electron chi connectivity index (χ3n) is 2.42. The third kappa shape index (κ3) is 3.48. The quantitative estimate of drug-likeness (QED) is 0.561. The van der Waals surface area contributed by atoms with Crippen molar-refractivity contribution >= 4 is 22.9 Å². The van der Waals surface area contributed by atoms with Crippen LogP contribution in [0.3, 0.4) is 0 Å². The molecule has 0 bridgehead atoms. The summed E-state index contributed by atoms with van der Waals surface area (Å²) in [7, 11) is 2.01. The van der Waals surface area contributed by atoms with Gasteiger partial charge in [-0.2, -0.15) is 0 Å². The average Bonchev–Trinajstić information content (AvgIpc) is 2.29. The number of benzene rings is 1. The summed E-state index contributed by atoms with van der Waals surface area (Å²) < 4.78 is 0. The summed E-state index contributed by atoms with van der Waals surface area (Å²) in [6, 6.07) is 10.2. The van der Waals surface area contributed by atoms with E-state index >= 15 is 0 Å². The molecule has 0 spiro atoms. The molecule has 1 nitrogen and oxygen atoms in total. The summed E-state index contributed by atoms with van der Waals surface area (Å²) in [6.45, 7) is 5.89. The zero-order valence-corrected chi connectivity index (χ0v) is 10.1. The van der Waals surface area contributed by atoms with Gasteiger partial charge in [0.05, 0.1) is 4.99 Å². The van der Waals surface area contributed by atoms with Crippen LogP contribution < -0.4 is 4.90 Å². The Bertz CT molecular complexity index is 332. The molecule has 1 rings (SSSR count). The highest BCUT2D eigenvalue weighted by Crippen LogP contribution is 2.15. The number of para-hydroxylation sites is 1. The first-order chi connectivity index (χ1) is 7.15. The van der Waals surface area contributed by atoms with E-state index in [0.717, 1.165) is 17.1 Å². The fourth-order valence-electron chi connectivity index (χ4n) is 1.29. The van der Waals surface area contributed by atoms with E-state index in [4.69, 9.17) is 12.2 Å². The summed E-state index contributed by atoms with van der Waals surface area (Å²) in [5.41, 5.74) is 1.14. The largest absolute Gasteiger partial charge is 0.339 e. The molecule has 0 amide bonds. The number of rotatable bonds is 4. The van der Waals surface area contributed by atoms with Crippen molar-refractivity contribution < 1.29 is 0 Å². The Labute approximate surface area is 97.4 Å². The van der Waals surface area contributed by atoms with Crippen LogP contribution in [-0.2, 0) is 0 Å². The van der Waals surface area contributed by atoms with Gasteiger partial charge in [0.25, 0.3) is 0 Å². The molecule has 0 saturated heterocycles. The maximum atomic E-state index is 5.38. The summed E-state index contributed by atoms with van der Waals surface area (Å²) in [5, 5.41) is 0. The van der Waals surface area contributed by atoms with Crippen LogP contribution in [0.1, 0.15) is 13.3 Å². The van der Waals surface area contributed by atoms with Crippen LogP contribution in [0.5, 0.6) is 0 Å². The van der Waals surface area contributed by atoms with Gasteiger partial charge in [-0.1, -0.05) is 43.4 Å². The molecule has 15 heavy (non-hydrogen) atoms. The molecule has 1 atom stereocenters. The Hall–Kier alpha value is -1.15. The van der Waals surface area contributed by atoms with Crippen LogP contribution in [0.25, 0.3) is 0 Å². The average molecular weight is 219 g/mol.